The first-order valence-corrected chi connectivity index (χ1v) is 7.14. The van der Waals surface area contributed by atoms with Crippen LogP contribution in [0, 0.1) is 6.92 Å². The molecule has 1 heterocycles. The standard InChI is InChI=1S/C13H14N2O3S/c1-10-2-3-11(9-16)8-13(10)19(17,18)15-12-4-6-14-7-5-12/h2-8,16H,9H2,1H3,(H,14,15). The molecule has 1 aromatic heterocycles. The minimum atomic E-state index is -3.67. The zero-order chi connectivity index (χ0) is 13.9. The molecule has 0 atom stereocenters. The topological polar surface area (TPSA) is 79.3 Å². The molecule has 0 radical (unpaired) electrons. The number of nitrogens with zero attached hydrogens (tertiary/aromatic N) is 1. The zero-order valence-corrected chi connectivity index (χ0v) is 11.2. The van der Waals surface area contributed by atoms with Gasteiger partial charge in [-0.15, -0.1) is 0 Å². The molecule has 100 valence electrons. The number of aliphatic hydroxyl groups excluding tert-OH is 1. The Labute approximate surface area is 112 Å². The van der Waals surface area contributed by atoms with Gasteiger partial charge in [0.25, 0.3) is 10.0 Å². The van der Waals surface area contributed by atoms with Gasteiger partial charge in [-0.3, -0.25) is 9.71 Å². The number of aromatic nitrogens is 1. The Hall–Kier alpha value is -1.92. The first-order chi connectivity index (χ1) is 9.03. The molecule has 0 aliphatic carbocycles. The summed E-state index contributed by atoms with van der Waals surface area (Å²) in [4.78, 5) is 3.99. The maximum atomic E-state index is 12.3. The number of anilines is 1. The number of sulfonamides is 1. The van der Waals surface area contributed by atoms with Gasteiger partial charge in [-0.1, -0.05) is 12.1 Å². The molecule has 0 bridgehead atoms. The average Bonchev–Trinajstić information content (AvgIpc) is 2.39. The molecule has 0 spiro atoms. The van der Waals surface area contributed by atoms with Crippen LogP contribution in [0.2, 0.25) is 0 Å². The monoisotopic (exact) mass is 278 g/mol. The predicted octanol–water partition coefficient (Wildman–Crippen LogP) is 1.68. The lowest BCUT2D eigenvalue weighted by Gasteiger charge is -2.11. The highest BCUT2D eigenvalue weighted by atomic mass is 32.2. The predicted molar refractivity (Wildman–Crippen MR) is 72.1 cm³/mol. The Morgan fingerprint density at radius 2 is 1.89 bits per heavy atom. The molecule has 5 nitrogen and oxygen atoms in total. The molecule has 0 saturated carbocycles. The van der Waals surface area contributed by atoms with Crippen molar-refractivity contribution in [1.29, 1.82) is 0 Å². The molecule has 0 aliphatic heterocycles. The molecule has 0 unspecified atom stereocenters. The third-order valence-electron chi connectivity index (χ3n) is 2.66. The summed E-state index contributed by atoms with van der Waals surface area (Å²) in [5, 5.41) is 9.08. The lowest BCUT2D eigenvalue weighted by atomic mass is 10.2. The van der Waals surface area contributed by atoms with E-state index >= 15 is 0 Å². The number of hydrogen-bond donors (Lipinski definition) is 2. The van der Waals surface area contributed by atoms with E-state index in [0.29, 0.717) is 16.8 Å². The molecule has 0 aliphatic rings. The van der Waals surface area contributed by atoms with Crippen LogP contribution >= 0.6 is 0 Å². The van der Waals surface area contributed by atoms with Gasteiger partial charge in [-0.2, -0.15) is 0 Å². The van der Waals surface area contributed by atoms with E-state index in [9.17, 15) is 8.42 Å². The summed E-state index contributed by atoms with van der Waals surface area (Å²) in [7, 11) is -3.67. The van der Waals surface area contributed by atoms with E-state index in [0.717, 1.165) is 0 Å². The largest absolute Gasteiger partial charge is 0.392 e. The van der Waals surface area contributed by atoms with E-state index in [1.165, 1.54) is 18.5 Å². The summed E-state index contributed by atoms with van der Waals surface area (Å²) in [5.74, 6) is 0. The van der Waals surface area contributed by atoms with E-state index in [2.05, 4.69) is 9.71 Å². The summed E-state index contributed by atoms with van der Waals surface area (Å²) in [6.45, 7) is 1.51. The fourth-order valence-electron chi connectivity index (χ4n) is 1.66. The Morgan fingerprint density at radius 1 is 1.21 bits per heavy atom. The van der Waals surface area contributed by atoms with E-state index < -0.39 is 10.0 Å². The van der Waals surface area contributed by atoms with Gasteiger partial charge in [0.1, 0.15) is 0 Å². The van der Waals surface area contributed by atoms with Gasteiger partial charge in [0, 0.05) is 12.4 Å². The molecule has 0 amide bonds. The molecule has 1 aromatic carbocycles. The lowest BCUT2D eigenvalue weighted by Crippen LogP contribution is -2.14. The minimum Gasteiger partial charge on any atom is -0.392 e. The maximum absolute atomic E-state index is 12.3. The van der Waals surface area contributed by atoms with Crippen LogP contribution in [0.3, 0.4) is 0 Å². The molecule has 19 heavy (non-hydrogen) atoms. The first kappa shape index (κ1) is 13.5. The van der Waals surface area contributed by atoms with Crippen LogP contribution in [0.5, 0.6) is 0 Å². The Bertz CT molecular complexity index is 670. The number of aryl methyl sites for hydroxylation is 1. The Morgan fingerprint density at radius 3 is 2.53 bits per heavy atom. The van der Waals surface area contributed by atoms with Crippen LogP contribution in [0.1, 0.15) is 11.1 Å². The highest BCUT2D eigenvalue weighted by Gasteiger charge is 2.17. The molecule has 2 aromatic rings. The smallest absolute Gasteiger partial charge is 0.262 e. The van der Waals surface area contributed by atoms with Crippen molar-refractivity contribution < 1.29 is 13.5 Å². The van der Waals surface area contributed by atoms with Crippen molar-refractivity contribution in [2.24, 2.45) is 0 Å². The number of benzene rings is 1. The van der Waals surface area contributed by atoms with Gasteiger partial charge < -0.3 is 5.11 Å². The van der Waals surface area contributed by atoms with Crippen molar-refractivity contribution >= 4 is 15.7 Å². The number of aliphatic hydroxyl groups is 1. The van der Waals surface area contributed by atoms with Crippen molar-refractivity contribution in [1.82, 2.24) is 4.98 Å². The zero-order valence-electron chi connectivity index (χ0n) is 10.4. The number of hydrogen-bond acceptors (Lipinski definition) is 4. The summed E-state index contributed by atoms with van der Waals surface area (Å²) in [6.07, 6.45) is 3.02. The molecule has 6 heteroatoms. The van der Waals surface area contributed by atoms with E-state index in [1.54, 1.807) is 31.2 Å². The maximum Gasteiger partial charge on any atom is 0.262 e. The van der Waals surface area contributed by atoms with Crippen molar-refractivity contribution in [2.45, 2.75) is 18.4 Å². The van der Waals surface area contributed by atoms with Crippen LogP contribution < -0.4 is 4.72 Å². The second-order valence-corrected chi connectivity index (χ2v) is 5.75. The molecule has 2 N–H and O–H groups in total. The second-order valence-electron chi connectivity index (χ2n) is 4.10. The van der Waals surface area contributed by atoms with Crippen molar-refractivity contribution in [2.75, 3.05) is 4.72 Å². The average molecular weight is 278 g/mol. The number of rotatable bonds is 4. The van der Waals surface area contributed by atoms with Gasteiger partial charge >= 0.3 is 0 Å². The van der Waals surface area contributed by atoms with E-state index in [1.807, 2.05) is 0 Å². The molecular formula is C13H14N2O3S. The summed E-state index contributed by atoms with van der Waals surface area (Å²) in [6, 6.07) is 7.98. The van der Waals surface area contributed by atoms with Crippen LogP contribution in [0.25, 0.3) is 0 Å². The van der Waals surface area contributed by atoms with Crippen LogP contribution in [-0.2, 0) is 16.6 Å². The third kappa shape index (κ3) is 3.10. The molecule has 0 saturated heterocycles. The minimum absolute atomic E-state index is 0.163. The lowest BCUT2D eigenvalue weighted by molar-refractivity contribution is 0.281. The number of nitrogens with one attached hydrogen (secondary N) is 1. The highest BCUT2D eigenvalue weighted by Crippen LogP contribution is 2.20. The SMILES string of the molecule is Cc1ccc(CO)cc1S(=O)(=O)Nc1ccncc1. The van der Waals surface area contributed by atoms with Gasteiger partial charge in [0.2, 0.25) is 0 Å². The van der Waals surface area contributed by atoms with E-state index in [4.69, 9.17) is 5.11 Å². The second kappa shape index (κ2) is 5.38. The van der Waals surface area contributed by atoms with Crippen molar-refractivity contribution in [3.05, 3.63) is 53.9 Å². The fraction of sp³-hybridized carbons (Fsp3) is 0.154. The fourth-order valence-corrected chi connectivity index (χ4v) is 3.02. The van der Waals surface area contributed by atoms with Crippen LogP contribution in [0.15, 0.2) is 47.6 Å². The quantitative estimate of drug-likeness (QED) is 0.892. The molecular weight excluding hydrogens is 264 g/mol. The van der Waals surface area contributed by atoms with Crippen LogP contribution in [-0.4, -0.2) is 18.5 Å². The summed E-state index contributed by atoms with van der Waals surface area (Å²) in [5.41, 5.74) is 1.63. The van der Waals surface area contributed by atoms with Crippen LogP contribution in [0.4, 0.5) is 5.69 Å². The van der Waals surface area contributed by atoms with Gasteiger partial charge in [-0.25, -0.2) is 8.42 Å². The molecule has 0 fully saturated rings. The number of pyridine rings is 1. The normalized spacial score (nSPS) is 11.3. The van der Waals surface area contributed by atoms with Gasteiger partial charge in [0.15, 0.2) is 0 Å². The summed E-state index contributed by atoms with van der Waals surface area (Å²) < 4.78 is 27.0. The van der Waals surface area contributed by atoms with Crippen molar-refractivity contribution in [3.63, 3.8) is 0 Å². The first-order valence-electron chi connectivity index (χ1n) is 5.66. The Balaban J connectivity index is 2.39. The van der Waals surface area contributed by atoms with E-state index in [-0.39, 0.29) is 11.5 Å². The summed E-state index contributed by atoms with van der Waals surface area (Å²) >= 11 is 0. The Kier molecular flexibility index (Phi) is 3.82. The van der Waals surface area contributed by atoms with Crippen molar-refractivity contribution in [3.8, 4) is 0 Å². The highest BCUT2D eigenvalue weighted by molar-refractivity contribution is 7.92. The third-order valence-corrected chi connectivity index (χ3v) is 4.18. The molecule has 2 rings (SSSR count). The van der Waals surface area contributed by atoms with Gasteiger partial charge in [0.05, 0.1) is 17.2 Å². The van der Waals surface area contributed by atoms with Gasteiger partial charge in [-0.05, 0) is 36.2 Å².